The van der Waals surface area contributed by atoms with Crippen LogP contribution in [-0.2, 0) is 20.2 Å². The van der Waals surface area contributed by atoms with E-state index in [0.717, 1.165) is 22.3 Å². The molecule has 4 aromatic rings. The van der Waals surface area contributed by atoms with E-state index in [-0.39, 0.29) is 0 Å². The van der Waals surface area contributed by atoms with Crippen LogP contribution in [0.25, 0.3) is 5.57 Å². The van der Waals surface area contributed by atoms with Crippen molar-refractivity contribution >= 4 is 37.2 Å². The highest BCUT2D eigenvalue weighted by Crippen LogP contribution is 2.35. The van der Waals surface area contributed by atoms with Crippen molar-refractivity contribution < 1.29 is 30.5 Å². The lowest BCUT2D eigenvalue weighted by atomic mass is 9.90. The average Bonchev–Trinajstić information content (AvgIpc) is 3.07. The summed E-state index contributed by atoms with van der Waals surface area (Å²) in [6.07, 6.45) is 7.52. The Morgan fingerprint density at radius 1 is 0.638 bits per heavy atom. The van der Waals surface area contributed by atoms with E-state index < -0.39 is 31.0 Å². The van der Waals surface area contributed by atoms with Gasteiger partial charge in [-0.3, -0.25) is 9.11 Å². The van der Waals surface area contributed by atoms with Gasteiger partial charge in [0.2, 0.25) is 5.71 Å². The van der Waals surface area contributed by atoms with Crippen LogP contribution in [0.5, 0.6) is 0 Å². The van der Waals surface area contributed by atoms with Crippen molar-refractivity contribution in [2.75, 3.05) is 18.0 Å². The van der Waals surface area contributed by atoms with Crippen molar-refractivity contribution in [2.24, 2.45) is 0 Å². The molecule has 1 aliphatic carbocycles. The zero-order valence-electron chi connectivity index (χ0n) is 26.1. The van der Waals surface area contributed by atoms with Gasteiger partial charge in [0.25, 0.3) is 10.1 Å². The van der Waals surface area contributed by atoms with E-state index in [1.165, 1.54) is 0 Å². The van der Waals surface area contributed by atoms with E-state index in [4.69, 9.17) is 0 Å². The van der Waals surface area contributed by atoms with Crippen LogP contribution in [-0.4, -0.2) is 49.3 Å². The van der Waals surface area contributed by atoms with Gasteiger partial charge in [0.15, 0.2) is 5.37 Å². The molecular formula is C37H37N2O6S2+. The SMILES string of the molecule is CCN(c1ccc(C(=C2C=CC(=[N+](CC)C(c3ccccc3)S(=O)(=O)O)C=C2)c2ccccc2)cc1)C(c1ccccc1)S(=O)(=O)O. The second-order valence-electron chi connectivity index (χ2n) is 11.0. The molecule has 0 saturated carbocycles. The van der Waals surface area contributed by atoms with Crippen LogP contribution in [0, 0.1) is 0 Å². The quantitative estimate of drug-likeness (QED) is 0.130. The van der Waals surface area contributed by atoms with Gasteiger partial charge in [-0.2, -0.15) is 16.8 Å². The molecule has 0 spiro atoms. The van der Waals surface area contributed by atoms with Crippen LogP contribution in [0.4, 0.5) is 5.69 Å². The predicted molar refractivity (Wildman–Crippen MR) is 187 cm³/mol. The highest BCUT2D eigenvalue weighted by molar-refractivity contribution is 7.86. The Morgan fingerprint density at radius 3 is 1.60 bits per heavy atom. The molecule has 47 heavy (non-hydrogen) atoms. The molecule has 0 heterocycles. The molecule has 0 bridgehead atoms. The third-order valence-electron chi connectivity index (χ3n) is 8.02. The summed E-state index contributed by atoms with van der Waals surface area (Å²) in [5.74, 6) is 0. The third-order valence-corrected chi connectivity index (χ3v) is 10.2. The largest absolute Gasteiger partial charge is 0.350 e. The van der Waals surface area contributed by atoms with E-state index in [1.807, 2.05) is 92.7 Å². The topological polar surface area (TPSA) is 115 Å². The van der Waals surface area contributed by atoms with Gasteiger partial charge in [-0.25, -0.2) is 4.58 Å². The molecule has 0 aliphatic heterocycles. The van der Waals surface area contributed by atoms with Crippen LogP contribution in [0.3, 0.4) is 0 Å². The summed E-state index contributed by atoms with van der Waals surface area (Å²) in [7, 11) is -8.95. The van der Waals surface area contributed by atoms with Crippen molar-refractivity contribution in [1.82, 2.24) is 0 Å². The molecule has 0 saturated heterocycles. The second-order valence-corrected chi connectivity index (χ2v) is 13.9. The van der Waals surface area contributed by atoms with Gasteiger partial charge >= 0.3 is 15.5 Å². The Bertz CT molecular complexity index is 2020. The molecule has 10 heteroatoms. The van der Waals surface area contributed by atoms with Gasteiger partial charge in [-0.1, -0.05) is 103 Å². The maximum absolute atomic E-state index is 12.6. The average molecular weight is 670 g/mol. The zero-order valence-corrected chi connectivity index (χ0v) is 27.7. The molecule has 8 nitrogen and oxygen atoms in total. The van der Waals surface area contributed by atoms with E-state index in [1.54, 1.807) is 70.1 Å². The molecule has 2 unspecified atom stereocenters. The van der Waals surface area contributed by atoms with Crippen molar-refractivity contribution in [3.05, 3.63) is 167 Å². The highest BCUT2D eigenvalue weighted by atomic mass is 32.2. The van der Waals surface area contributed by atoms with Gasteiger partial charge in [0.05, 0.1) is 0 Å². The van der Waals surface area contributed by atoms with E-state index >= 15 is 0 Å². The van der Waals surface area contributed by atoms with Crippen LogP contribution in [0.2, 0.25) is 0 Å². The first-order chi connectivity index (χ1) is 22.5. The number of rotatable bonds is 11. The fourth-order valence-corrected chi connectivity index (χ4v) is 8.16. The number of benzene rings is 4. The summed E-state index contributed by atoms with van der Waals surface area (Å²) < 4.78 is 72.4. The molecule has 5 rings (SSSR count). The van der Waals surface area contributed by atoms with Crippen molar-refractivity contribution in [1.29, 1.82) is 0 Å². The zero-order chi connectivity index (χ0) is 33.6. The highest BCUT2D eigenvalue weighted by Gasteiger charge is 2.36. The summed E-state index contributed by atoms with van der Waals surface area (Å²) in [4.78, 5) is 1.64. The number of hydrogen-bond donors (Lipinski definition) is 2. The van der Waals surface area contributed by atoms with Gasteiger partial charge in [-0.15, -0.1) is 0 Å². The Morgan fingerprint density at radius 2 is 1.13 bits per heavy atom. The summed E-state index contributed by atoms with van der Waals surface area (Å²) in [6, 6.07) is 34.6. The number of anilines is 1. The molecule has 2 atom stereocenters. The minimum absolute atomic E-state index is 0.330. The lowest BCUT2D eigenvalue weighted by molar-refractivity contribution is -0.545. The molecule has 0 amide bonds. The monoisotopic (exact) mass is 669 g/mol. The molecule has 1 aliphatic rings. The fraction of sp³-hybridized carbons (Fsp3) is 0.162. The van der Waals surface area contributed by atoms with Crippen LogP contribution in [0.15, 0.2) is 145 Å². The van der Waals surface area contributed by atoms with E-state index in [2.05, 4.69) is 0 Å². The molecule has 0 radical (unpaired) electrons. The Hall–Kier alpha value is -4.61. The summed E-state index contributed by atoms with van der Waals surface area (Å²) in [5.41, 5.74) is 5.79. The number of allylic oxidation sites excluding steroid dienone is 5. The first kappa shape index (κ1) is 33.7. The summed E-state index contributed by atoms with van der Waals surface area (Å²) >= 11 is 0. The molecule has 242 valence electrons. The number of hydrogen-bond acceptors (Lipinski definition) is 5. The standard InChI is InChI=1S/C37H36N2O6S2/c1-3-38(36(46(40,41)42)31-16-10-6-11-17-31)33-24-20-29(21-25-33)35(28-14-8-5-9-15-28)30-22-26-34(27-23-30)39(4-2)37(47(43,44)45)32-18-12-7-13-19-32/h5-27,36-37H,3-4H2,1-2H3,(H-,40,41,42,43,44,45)/p+1. The lowest BCUT2D eigenvalue weighted by Gasteiger charge is -2.31. The maximum Gasteiger partial charge on any atom is 0.334 e. The summed E-state index contributed by atoms with van der Waals surface area (Å²) in [5, 5.41) is -2.54. The summed E-state index contributed by atoms with van der Waals surface area (Å²) in [6.45, 7) is 4.33. The first-order valence-electron chi connectivity index (χ1n) is 15.2. The lowest BCUT2D eigenvalue weighted by Crippen LogP contribution is -2.34. The minimum Gasteiger partial charge on any atom is -0.350 e. The van der Waals surface area contributed by atoms with Crippen LogP contribution >= 0.6 is 0 Å². The molecule has 0 fully saturated rings. The van der Waals surface area contributed by atoms with Gasteiger partial charge in [0, 0.05) is 29.9 Å². The Kier molecular flexibility index (Phi) is 10.4. The van der Waals surface area contributed by atoms with Gasteiger partial charge in [0.1, 0.15) is 6.54 Å². The van der Waals surface area contributed by atoms with Crippen LogP contribution < -0.4 is 4.90 Å². The first-order valence-corrected chi connectivity index (χ1v) is 18.2. The van der Waals surface area contributed by atoms with Crippen molar-refractivity contribution in [3.8, 4) is 0 Å². The number of nitrogens with zero attached hydrogens (tertiary/aromatic N) is 2. The minimum atomic E-state index is -4.47. The maximum atomic E-state index is 12.6. The van der Waals surface area contributed by atoms with E-state index in [9.17, 15) is 25.9 Å². The van der Waals surface area contributed by atoms with Gasteiger partial charge < -0.3 is 4.90 Å². The molecular weight excluding hydrogens is 633 g/mol. The van der Waals surface area contributed by atoms with Crippen molar-refractivity contribution in [3.63, 3.8) is 0 Å². The van der Waals surface area contributed by atoms with Crippen LogP contribution in [0.1, 0.15) is 46.8 Å². The van der Waals surface area contributed by atoms with Gasteiger partial charge in [-0.05, 0) is 66.0 Å². The smallest absolute Gasteiger partial charge is 0.334 e. The Balaban J connectivity index is 1.57. The third kappa shape index (κ3) is 7.69. The van der Waals surface area contributed by atoms with E-state index in [0.29, 0.717) is 35.6 Å². The Labute approximate surface area is 276 Å². The fourth-order valence-electron chi connectivity index (χ4n) is 5.97. The normalized spacial score (nSPS) is 14.5. The van der Waals surface area contributed by atoms with Crippen molar-refractivity contribution in [2.45, 2.75) is 24.6 Å². The molecule has 0 aromatic heterocycles. The second kappa shape index (κ2) is 14.4. The molecule has 4 aromatic carbocycles. The predicted octanol–water partition coefficient (Wildman–Crippen LogP) is 7.09. The molecule has 2 N–H and O–H groups in total.